The molecule has 0 saturated carbocycles. The normalized spacial score (nSPS) is 10.9. The predicted octanol–water partition coefficient (Wildman–Crippen LogP) is 2.98. The van der Waals surface area contributed by atoms with Gasteiger partial charge in [-0.2, -0.15) is 5.10 Å². The Labute approximate surface area is 130 Å². The quantitative estimate of drug-likeness (QED) is 0.727. The summed E-state index contributed by atoms with van der Waals surface area (Å²) in [7, 11) is 1.91. The molecule has 22 heavy (non-hydrogen) atoms. The van der Waals surface area contributed by atoms with E-state index in [1.165, 1.54) is 11.1 Å². The summed E-state index contributed by atoms with van der Waals surface area (Å²) in [6.45, 7) is 5.53. The van der Waals surface area contributed by atoms with Crippen LogP contribution in [0.5, 0.6) is 5.75 Å². The van der Waals surface area contributed by atoms with Gasteiger partial charge in [0.2, 0.25) is 0 Å². The van der Waals surface area contributed by atoms with Crippen LogP contribution in [-0.2, 0) is 13.6 Å². The molecule has 0 fully saturated rings. The van der Waals surface area contributed by atoms with E-state index >= 15 is 0 Å². The van der Waals surface area contributed by atoms with Gasteiger partial charge in [-0.1, -0.05) is 12.1 Å². The molecule has 114 valence electrons. The zero-order chi connectivity index (χ0) is 15.5. The molecule has 2 aromatic heterocycles. The number of benzene rings is 1. The molecule has 1 aromatic carbocycles. The first-order valence-corrected chi connectivity index (χ1v) is 7.33. The van der Waals surface area contributed by atoms with E-state index in [1.54, 1.807) is 4.68 Å². The maximum atomic E-state index is 5.92. The molecule has 0 spiro atoms. The first-order valence-electron chi connectivity index (χ1n) is 7.33. The second-order valence-corrected chi connectivity index (χ2v) is 5.42. The summed E-state index contributed by atoms with van der Waals surface area (Å²) in [5.74, 6) is 0.947. The van der Waals surface area contributed by atoms with Crippen LogP contribution in [0.2, 0.25) is 0 Å². The largest absolute Gasteiger partial charge is 0.491 e. The van der Waals surface area contributed by atoms with Crippen molar-refractivity contribution in [3.05, 3.63) is 54.2 Å². The fourth-order valence-electron chi connectivity index (χ4n) is 2.43. The molecule has 3 rings (SSSR count). The highest BCUT2D eigenvalue weighted by molar-refractivity contribution is 5.56. The molecule has 5 heteroatoms. The van der Waals surface area contributed by atoms with Gasteiger partial charge in [-0.15, -0.1) is 0 Å². The maximum absolute atomic E-state index is 5.92. The highest BCUT2D eigenvalue weighted by Crippen LogP contribution is 2.21. The zero-order valence-electron chi connectivity index (χ0n) is 13.2. The van der Waals surface area contributed by atoms with E-state index in [-0.39, 0.29) is 0 Å². The van der Waals surface area contributed by atoms with Gasteiger partial charge in [-0.05, 0) is 31.0 Å². The van der Waals surface area contributed by atoms with Gasteiger partial charge in [0, 0.05) is 18.8 Å². The number of hydrogen-bond donors (Lipinski definition) is 0. The van der Waals surface area contributed by atoms with Crippen molar-refractivity contribution in [2.75, 3.05) is 6.61 Å². The number of aromatic nitrogens is 4. The molecule has 0 aliphatic carbocycles. The Kier molecular flexibility index (Phi) is 3.96. The van der Waals surface area contributed by atoms with Gasteiger partial charge in [0.05, 0.1) is 31.0 Å². The topological polar surface area (TPSA) is 44.9 Å². The molecule has 0 aliphatic rings. The molecule has 0 aliphatic heterocycles. The van der Waals surface area contributed by atoms with E-state index in [1.807, 2.05) is 44.1 Å². The van der Waals surface area contributed by atoms with Gasteiger partial charge in [0.25, 0.3) is 0 Å². The van der Waals surface area contributed by atoms with Crippen molar-refractivity contribution in [2.24, 2.45) is 7.05 Å². The summed E-state index contributed by atoms with van der Waals surface area (Å²) in [5.41, 5.74) is 4.56. The highest BCUT2D eigenvalue weighted by Gasteiger charge is 2.07. The lowest BCUT2D eigenvalue weighted by Gasteiger charge is -2.12. The van der Waals surface area contributed by atoms with Crippen LogP contribution in [0.3, 0.4) is 0 Å². The molecule has 0 amide bonds. The molecular formula is C17H20N4O. The summed E-state index contributed by atoms with van der Waals surface area (Å²) < 4.78 is 9.79. The summed E-state index contributed by atoms with van der Waals surface area (Å²) in [4.78, 5) is 4.24. The van der Waals surface area contributed by atoms with E-state index in [2.05, 4.69) is 34.6 Å². The van der Waals surface area contributed by atoms with E-state index in [0.29, 0.717) is 6.61 Å². The fraction of sp³-hybridized carbons (Fsp3) is 0.294. The van der Waals surface area contributed by atoms with Crippen LogP contribution in [0.15, 0.2) is 43.1 Å². The van der Waals surface area contributed by atoms with Crippen molar-refractivity contribution in [3.8, 4) is 17.0 Å². The van der Waals surface area contributed by atoms with Gasteiger partial charge in [-0.25, -0.2) is 4.98 Å². The molecule has 0 saturated heterocycles. The Bertz CT molecular complexity index is 773. The molecule has 0 N–H and O–H groups in total. The van der Waals surface area contributed by atoms with Crippen LogP contribution in [-0.4, -0.2) is 25.9 Å². The summed E-state index contributed by atoms with van der Waals surface area (Å²) in [5, 5.41) is 4.21. The minimum atomic E-state index is 0.605. The van der Waals surface area contributed by atoms with Gasteiger partial charge in [0.15, 0.2) is 0 Å². The van der Waals surface area contributed by atoms with E-state index < -0.39 is 0 Å². The standard InChI is InChI=1S/C17H20N4O/c1-13-5-4-6-17(14(13)2)22-8-7-21-12-18-10-16(21)15-9-19-20(3)11-15/h4-6,9-12H,7-8H2,1-3H3. The zero-order valence-corrected chi connectivity index (χ0v) is 13.2. The number of aryl methyl sites for hydroxylation is 2. The number of hydrogen-bond acceptors (Lipinski definition) is 3. The maximum Gasteiger partial charge on any atom is 0.122 e. The van der Waals surface area contributed by atoms with Crippen molar-refractivity contribution >= 4 is 0 Å². The van der Waals surface area contributed by atoms with Crippen LogP contribution in [0.25, 0.3) is 11.3 Å². The second kappa shape index (κ2) is 6.05. The fourth-order valence-corrected chi connectivity index (χ4v) is 2.43. The van der Waals surface area contributed by atoms with E-state index in [9.17, 15) is 0 Å². The van der Waals surface area contributed by atoms with Crippen LogP contribution in [0.4, 0.5) is 0 Å². The monoisotopic (exact) mass is 296 g/mol. The van der Waals surface area contributed by atoms with Gasteiger partial charge in [0.1, 0.15) is 12.4 Å². The minimum absolute atomic E-state index is 0.605. The predicted molar refractivity (Wildman–Crippen MR) is 85.8 cm³/mol. The molecule has 0 atom stereocenters. The summed E-state index contributed by atoms with van der Waals surface area (Å²) in [6, 6.07) is 6.13. The molecule has 3 aromatic rings. The molecule has 0 unspecified atom stereocenters. The van der Waals surface area contributed by atoms with Crippen LogP contribution >= 0.6 is 0 Å². The lowest BCUT2D eigenvalue weighted by atomic mass is 10.1. The second-order valence-electron chi connectivity index (χ2n) is 5.42. The van der Waals surface area contributed by atoms with Crippen LogP contribution in [0.1, 0.15) is 11.1 Å². The molecule has 0 radical (unpaired) electrons. The van der Waals surface area contributed by atoms with Crippen molar-refractivity contribution in [1.82, 2.24) is 19.3 Å². The lowest BCUT2D eigenvalue weighted by molar-refractivity contribution is 0.297. The number of rotatable bonds is 5. The van der Waals surface area contributed by atoms with Crippen molar-refractivity contribution in [1.29, 1.82) is 0 Å². The first-order chi connectivity index (χ1) is 10.6. The van der Waals surface area contributed by atoms with E-state index in [0.717, 1.165) is 23.6 Å². The average Bonchev–Trinajstić information content (AvgIpc) is 3.12. The van der Waals surface area contributed by atoms with Gasteiger partial charge < -0.3 is 9.30 Å². The summed E-state index contributed by atoms with van der Waals surface area (Å²) in [6.07, 6.45) is 7.52. The van der Waals surface area contributed by atoms with Gasteiger partial charge in [-0.3, -0.25) is 4.68 Å². The van der Waals surface area contributed by atoms with Crippen molar-refractivity contribution in [3.63, 3.8) is 0 Å². The third-order valence-corrected chi connectivity index (χ3v) is 3.86. The number of ether oxygens (including phenoxy) is 1. The molecule has 2 heterocycles. The molecule has 0 bridgehead atoms. The third-order valence-electron chi connectivity index (χ3n) is 3.86. The van der Waals surface area contributed by atoms with Crippen molar-refractivity contribution in [2.45, 2.75) is 20.4 Å². The van der Waals surface area contributed by atoms with E-state index in [4.69, 9.17) is 4.74 Å². The summed E-state index contributed by atoms with van der Waals surface area (Å²) >= 11 is 0. The Hall–Kier alpha value is -2.56. The lowest BCUT2D eigenvalue weighted by Crippen LogP contribution is -2.09. The number of imidazole rings is 1. The molecular weight excluding hydrogens is 276 g/mol. The van der Waals surface area contributed by atoms with Crippen LogP contribution < -0.4 is 4.74 Å². The SMILES string of the molecule is Cc1cccc(OCCn2cncc2-c2cnn(C)c2)c1C. The Morgan fingerprint density at radius 2 is 2.05 bits per heavy atom. The average molecular weight is 296 g/mol. The Morgan fingerprint density at radius 3 is 2.82 bits per heavy atom. The highest BCUT2D eigenvalue weighted by atomic mass is 16.5. The smallest absolute Gasteiger partial charge is 0.122 e. The Balaban J connectivity index is 1.68. The molecule has 5 nitrogen and oxygen atoms in total. The first kappa shape index (κ1) is 14.4. The van der Waals surface area contributed by atoms with Crippen LogP contribution in [0, 0.1) is 13.8 Å². The van der Waals surface area contributed by atoms with Gasteiger partial charge >= 0.3 is 0 Å². The van der Waals surface area contributed by atoms with Crippen molar-refractivity contribution < 1.29 is 4.74 Å². The third kappa shape index (κ3) is 2.88. The number of nitrogens with zero attached hydrogens (tertiary/aromatic N) is 4. The minimum Gasteiger partial charge on any atom is -0.491 e. The Morgan fingerprint density at radius 1 is 1.18 bits per heavy atom.